The van der Waals surface area contributed by atoms with E-state index in [2.05, 4.69) is 25.3 Å². The summed E-state index contributed by atoms with van der Waals surface area (Å²) in [5.41, 5.74) is -1.54. The molecule has 1 saturated carbocycles. The van der Waals surface area contributed by atoms with E-state index in [1.807, 2.05) is 21.2 Å². The van der Waals surface area contributed by atoms with Crippen LogP contribution in [-0.2, 0) is 28.1 Å². The van der Waals surface area contributed by atoms with E-state index in [1.54, 1.807) is 20.8 Å². The number of ketones is 1. The average Bonchev–Trinajstić information content (AvgIpc) is 3.68. The van der Waals surface area contributed by atoms with E-state index in [0.29, 0.717) is 63.6 Å². The van der Waals surface area contributed by atoms with Gasteiger partial charge < -0.3 is 15.2 Å². The molecule has 16 heteroatoms. The predicted molar refractivity (Wildman–Crippen MR) is 192 cm³/mol. The molecule has 0 bridgehead atoms. The van der Waals surface area contributed by atoms with Crippen molar-refractivity contribution in [1.29, 1.82) is 0 Å². The summed E-state index contributed by atoms with van der Waals surface area (Å²) in [6.07, 6.45) is 5.61. The maximum atomic E-state index is 14.0. The highest BCUT2D eigenvalue weighted by Crippen LogP contribution is 2.31. The van der Waals surface area contributed by atoms with Crippen LogP contribution >= 0.6 is 42.3 Å². The van der Waals surface area contributed by atoms with Crippen LogP contribution in [0.25, 0.3) is 15.2 Å². The Morgan fingerprint density at radius 3 is 2.36 bits per heavy atom. The van der Waals surface area contributed by atoms with Gasteiger partial charge in [0.25, 0.3) is 5.56 Å². The highest BCUT2D eigenvalue weighted by atomic mass is 127. The number of hydrogen-bond donors (Lipinski definition) is 3. The normalized spacial score (nSPS) is 13.6. The molecule has 12 nitrogen and oxygen atoms in total. The summed E-state index contributed by atoms with van der Waals surface area (Å²) in [5.74, 6) is -0.0974. The van der Waals surface area contributed by atoms with Crippen molar-refractivity contribution in [3.05, 3.63) is 68.4 Å². The second kappa shape index (κ2) is 16.8. The first-order valence-electron chi connectivity index (χ1n) is 14.9. The molecule has 2 N–H and O–H groups in total. The molecule has 5 rings (SSSR count). The van der Waals surface area contributed by atoms with Gasteiger partial charge in [0, 0.05) is 31.0 Å². The summed E-state index contributed by atoms with van der Waals surface area (Å²) in [4.78, 5) is 53.1. The van der Waals surface area contributed by atoms with Crippen molar-refractivity contribution >= 4 is 64.2 Å². The Labute approximate surface area is 293 Å². The number of nitrogens with one attached hydrogen (secondary N) is 1. The Kier molecular flexibility index (Phi) is 13.7. The van der Waals surface area contributed by atoms with Crippen molar-refractivity contribution in [1.82, 2.24) is 29.4 Å². The van der Waals surface area contributed by atoms with Gasteiger partial charge >= 0.3 is 5.69 Å². The van der Waals surface area contributed by atoms with Gasteiger partial charge in [0.05, 0.1) is 31.0 Å². The largest absolute Gasteiger partial charge is 0.496 e. The number of aliphatic hydroxyl groups is 1. The zero-order valence-corrected chi connectivity index (χ0v) is 31.0. The quantitative estimate of drug-likeness (QED) is 0.174. The van der Waals surface area contributed by atoms with Crippen LogP contribution in [-0.4, -0.2) is 60.2 Å². The second-order valence-corrected chi connectivity index (χ2v) is 12.7. The van der Waals surface area contributed by atoms with Crippen molar-refractivity contribution < 1.29 is 23.8 Å². The summed E-state index contributed by atoms with van der Waals surface area (Å²) in [5, 5.41) is 20.9. The molecule has 1 aliphatic rings. The van der Waals surface area contributed by atoms with Crippen LogP contribution in [0.15, 0.2) is 40.2 Å². The van der Waals surface area contributed by atoms with Crippen molar-refractivity contribution in [3.63, 3.8) is 0 Å². The lowest BCUT2D eigenvalue weighted by atomic mass is 9.97. The fourth-order valence-electron chi connectivity index (χ4n) is 5.18. The van der Waals surface area contributed by atoms with E-state index in [0.717, 1.165) is 4.57 Å². The zero-order chi connectivity index (χ0) is 35.1. The number of hydrogen-bond acceptors (Lipinski definition) is 10. The van der Waals surface area contributed by atoms with Gasteiger partial charge in [0.15, 0.2) is 0 Å². The molecule has 1 fully saturated rings. The molecule has 1 amide bonds. The number of aryl methyl sites for hydroxylation is 3. The summed E-state index contributed by atoms with van der Waals surface area (Å²) in [6, 6.07) is 4.00. The molecule has 0 atom stereocenters. The van der Waals surface area contributed by atoms with Crippen LogP contribution in [0.3, 0.4) is 0 Å². The molecule has 3 aromatic heterocycles. The number of carbonyl (C=O) groups is 2. The maximum Gasteiger partial charge on any atom is 0.333 e. The number of rotatable bonds is 8. The number of halogens is 2. The molecule has 4 aromatic rings. The number of carbonyl (C=O) groups excluding carboxylic acids is 2. The van der Waals surface area contributed by atoms with E-state index < -0.39 is 28.5 Å². The van der Waals surface area contributed by atoms with Gasteiger partial charge in [-0.2, -0.15) is 10.2 Å². The molecular formula is C31H40FIN6O6S2. The van der Waals surface area contributed by atoms with E-state index in [9.17, 15) is 23.6 Å². The highest BCUT2D eigenvalue weighted by molar-refractivity contribution is 14.2. The third kappa shape index (κ3) is 8.88. The number of nitrogens with zero attached hydrogens (tertiary/aromatic N) is 5. The van der Waals surface area contributed by atoms with Crippen molar-refractivity contribution in [2.45, 2.75) is 91.0 Å². The number of amides is 1. The van der Waals surface area contributed by atoms with Gasteiger partial charge in [-0.05, 0) is 98.8 Å². The number of fused-ring (bicyclic) bond motifs is 1. The summed E-state index contributed by atoms with van der Waals surface area (Å²) in [6.45, 7) is 8.56. The first-order chi connectivity index (χ1) is 22.3. The molecule has 1 aliphatic carbocycles. The number of aliphatic hydroxyl groups excluding tert-OH is 1. The monoisotopic (exact) mass is 802 g/mol. The van der Waals surface area contributed by atoms with Crippen LogP contribution in [0, 0.1) is 12.7 Å². The minimum atomic E-state index is -1.48. The maximum absolute atomic E-state index is 14.0. The van der Waals surface area contributed by atoms with Crippen molar-refractivity contribution in [3.8, 4) is 10.8 Å². The number of thiol groups is 1. The molecule has 0 spiro atoms. The number of methoxy groups -OCH3 is 1. The number of benzene rings is 1. The van der Waals surface area contributed by atoms with E-state index in [4.69, 9.17) is 9.84 Å². The lowest BCUT2D eigenvalue weighted by Crippen LogP contribution is -2.56. The van der Waals surface area contributed by atoms with Gasteiger partial charge in [0.1, 0.15) is 32.7 Å². The fourth-order valence-corrected chi connectivity index (χ4v) is 6.41. The molecule has 0 radical (unpaired) electrons. The Morgan fingerprint density at radius 1 is 1.19 bits per heavy atom. The van der Waals surface area contributed by atoms with Crippen molar-refractivity contribution in [2.75, 3.05) is 7.11 Å². The van der Waals surface area contributed by atoms with E-state index >= 15 is 0 Å². The molecule has 0 saturated heterocycles. The standard InChI is InChI=1S/C25H29FN6O4S.C6H10O2.HIS/c1-14(2)29-23(34)25(4,5)31-20(33)19-15(3)21(32-27-10-11-28-32)37-22(19)30(24(31)35)12-9-16-13-17(26)7-8-18(16)36-6;7-5-1-2-6(8)4-3-5;1-2/h7-8,10-11,13-14H,9,12H2,1-6H3,(H,29,34);5,7H,1-4H2;2H. The van der Waals surface area contributed by atoms with Crippen LogP contribution in [0.2, 0.25) is 0 Å². The lowest BCUT2D eigenvalue weighted by molar-refractivity contribution is -0.129. The average molecular weight is 803 g/mol. The van der Waals surface area contributed by atoms with Gasteiger partial charge in [0.2, 0.25) is 5.91 Å². The molecule has 256 valence electrons. The molecule has 47 heavy (non-hydrogen) atoms. The number of ether oxygens (including phenoxy) is 1. The molecule has 0 unspecified atom stereocenters. The van der Waals surface area contributed by atoms with Crippen LogP contribution in [0.1, 0.15) is 64.5 Å². The topological polar surface area (TPSA) is 150 Å². The summed E-state index contributed by atoms with van der Waals surface area (Å²) >= 11 is 3.05. The summed E-state index contributed by atoms with van der Waals surface area (Å²) in [7, 11) is 4.99. The Morgan fingerprint density at radius 2 is 1.81 bits per heavy atom. The smallest absolute Gasteiger partial charge is 0.333 e. The first-order valence-corrected chi connectivity index (χ1v) is 19.0. The summed E-state index contributed by atoms with van der Waals surface area (Å²) < 4.78 is 21.8. The van der Waals surface area contributed by atoms with Gasteiger partial charge in [-0.1, -0.05) is 11.3 Å². The molecule has 0 aliphatic heterocycles. The van der Waals surface area contributed by atoms with Gasteiger partial charge in [-0.25, -0.2) is 13.8 Å². The fraction of sp³-hybridized carbons (Fsp3) is 0.484. The van der Waals surface area contributed by atoms with Crippen LogP contribution < -0.4 is 21.3 Å². The van der Waals surface area contributed by atoms with Crippen molar-refractivity contribution in [2.24, 2.45) is 0 Å². The van der Waals surface area contributed by atoms with Gasteiger partial charge in [-0.15, -0.1) is 14.6 Å². The molecule has 1 aromatic carbocycles. The minimum Gasteiger partial charge on any atom is -0.496 e. The van der Waals surface area contributed by atoms with Gasteiger partial charge in [-0.3, -0.25) is 19.0 Å². The minimum absolute atomic E-state index is 0.114. The number of Topliss-reactive ketones (excluding diaryl/α,β-unsaturated/α-hetero) is 1. The molecule has 3 heterocycles. The predicted octanol–water partition coefficient (Wildman–Crippen LogP) is 4.52. The number of thiophene rings is 1. The Bertz CT molecular complexity index is 1810. The zero-order valence-electron chi connectivity index (χ0n) is 27.1. The van der Waals surface area contributed by atoms with Crippen LogP contribution in [0.4, 0.5) is 4.39 Å². The Balaban J connectivity index is 0.000000518. The molecular weight excluding hydrogens is 762 g/mol. The SMILES string of the molecule is COc1ccc(F)cc1CCn1c(=O)n(C(C)(C)C(=O)NC(C)C)c(=O)c2c(C)c(-n3nccn3)sc21.O=C1CCC(O)CC1.SI. The van der Waals surface area contributed by atoms with Crippen LogP contribution in [0.5, 0.6) is 5.75 Å². The Hall–Kier alpha value is -3.09. The van der Waals surface area contributed by atoms with E-state index in [-0.39, 0.29) is 25.1 Å². The lowest BCUT2D eigenvalue weighted by Gasteiger charge is -2.27. The van der Waals surface area contributed by atoms with E-state index in [1.165, 1.54) is 72.3 Å². The third-order valence-electron chi connectivity index (χ3n) is 7.68. The number of aromatic nitrogens is 5. The first kappa shape index (κ1) is 38.4. The highest BCUT2D eigenvalue weighted by Gasteiger charge is 2.35. The second-order valence-electron chi connectivity index (χ2n) is 11.8. The third-order valence-corrected chi connectivity index (χ3v) is 8.96.